The Morgan fingerprint density at radius 1 is 1.04 bits per heavy atom. The van der Waals surface area contributed by atoms with Gasteiger partial charge in [-0.05, 0) is 56.2 Å². The first kappa shape index (κ1) is 16.2. The van der Waals surface area contributed by atoms with E-state index in [0.717, 1.165) is 16.7 Å². The molecule has 0 aromatic heterocycles. The number of nitrogens with one attached hydrogen (secondary N) is 1. The van der Waals surface area contributed by atoms with Gasteiger partial charge in [0.15, 0.2) is 0 Å². The van der Waals surface area contributed by atoms with Crippen LogP contribution in [0.15, 0.2) is 36.4 Å². The second kappa shape index (κ2) is 6.07. The first-order valence-corrected chi connectivity index (χ1v) is 7.83. The van der Waals surface area contributed by atoms with Gasteiger partial charge in [0.05, 0.1) is 12.1 Å². The number of imide groups is 1. The molecule has 3 rings (SSSR count). The molecular formula is C19H19FN2O2. The average Bonchev–Trinajstić information content (AvgIpc) is 2.76. The van der Waals surface area contributed by atoms with Gasteiger partial charge in [-0.3, -0.25) is 9.59 Å². The van der Waals surface area contributed by atoms with Crippen molar-refractivity contribution in [2.24, 2.45) is 0 Å². The van der Waals surface area contributed by atoms with Crippen molar-refractivity contribution >= 4 is 23.2 Å². The maximum Gasteiger partial charge on any atom is 0.256 e. The number of hydrogen-bond acceptors (Lipinski definition) is 3. The zero-order chi connectivity index (χ0) is 17.4. The van der Waals surface area contributed by atoms with Crippen molar-refractivity contribution in [1.29, 1.82) is 0 Å². The number of benzene rings is 2. The van der Waals surface area contributed by atoms with Gasteiger partial charge in [0.1, 0.15) is 11.9 Å². The minimum Gasteiger partial charge on any atom is -0.373 e. The van der Waals surface area contributed by atoms with E-state index in [-0.39, 0.29) is 24.1 Å². The summed E-state index contributed by atoms with van der Waals surface area (Å²) in [7, 11) is 0. The summed E-state index contributed by atoms with van der Waals surface area (Å²) in [5, 5.41) is 3.02. The fraction of sp³-hybridized carbons (Fsp3) is 0.263. The molecule has 1 aliphatic heterocycles. The molecule has 4 nitrogen and oxygen atoms in total. The minimum atomic E-state index is -0.636. The van der Waals surface area contributed by atoms with Crippen molar-refractivity contribution in [2.75, 3.05) is 10.2 Å². The molecule has 124 valence electrons. The first-order chi connectivity index (χ1) is 11.4. The molecule has 0 saturated carbocycles. The van der Waals surface area contributed by atoms with E-state index in [4.69, 9.17) is 0 Å². The average molecular weight is 326 g/mol. The fourth-order valence-electron chi connectivity index (χ4n) is 3.25. The summed E-state index contributed by atoms with van der Waals surface area (Å²) in [6.07, 6.45) is 0.0863. The van der Waals surface area contributed by atoms with Gasteiger partial charge in [-0.25, -0.2) is 9.29 Å². The molecule has 1 fully saturated rings. The molecule has 0 spiro atoms. The number of nitrogens with zero attached hydrogens (tertiary/aromatic N) is 1. The smallest absolute Gasteiger partial charge is 0.256 e. The molecule has 2 aromatic rings. The third-order valence-electron chi connectivity index (χ3n) is 4.19. The molecule has 2 amide bonds. The Morgan fingerprint density at radius 2 is 1.62 bits per heavy atom. The van der Waals surface area contributed by atoms with E-state index < -0.39 is 6.04 Å². The normalized spacial score (nSPS) is 17.5. The van der Waals surface area contributed by atoms with Crippen LogP contribution in [0.1, 0.15) is 23.1 Å². The predicted octanol–water partition coefficient (Wildman–Crippen LogP) is 3.49. The second-order valence-corrected chi connectivity index (χ2v) is 6.22. The van der Waals surface area contributed by atoms with Crippen molar-refractivity contribution in [1.82, 2.24) is 0 Å². The number of carbonyl (C=O) groups excluding carboxylic acids is 2. The van der Waals surface area contributed by atoms with Crippen LogP contribution >= 0.6 is 0 Å². The molecule has 0 bridgehead atoms. The summed E-state index contributed by atoms with van der Waals surface area (Å²) in [6.45, 7) is 5.78. The van der Waals surface area contributed by atoms with Crippen molar-refractivity contribution < 1.29 is 14.0 Å². The SMILES string of the molecule is Cc1cc(C)c(N2C(=O)CC(Nc3ccc(F)cc3)C2=O)c(C)c1. The van der Waals surface area contributed by atoms with Gasteiger partial charge in [-0.15, -0.1) is 0 Å². The van der Waals surface area contributed by atoms with Crippen LogP contribution in [0.3, 0.4) is 0 Å². The maximum absolute atomic E-state index is 13.0. The molecule has 1 aliphatic rings. The Hall–Kier alpha value is -2.69. The molecular weight excluding hydrogens is 307 g/mol. The molecule has 24 heavy (non-hydrogen) atoms. The summed E-state index contributed by atoms with van der Waals surface area (Å²) in [6, 6.07) is 9.03. The van der Waals surface area contributed by atoms with Gasteiger partial charge >= 0.3 is 0 Å². The van der Waals surface area contributed by atoms with Gasteiger partial charge < -0.3 is 5.32 Å². The molecule has 0 radical (unpaired) electrons. The standard InChI is InChI=1S/C19H19FN2O2/c1-11-8-12(2)18(13(3)9-11)22-17(23)10-16(19(22)24)21-15-6-4-14(20)5-7-15/h4-9,16,21H,10H2,1-3H3. The van der Waals surface area contributed by atoms with Crippen molar-refractivity contribution in [3.63, 3.8) is 0 Å². The van der Waals surface area contributed by atoms with Gasteiger partial charge in [-0.2, -0.15) is 0 Å². The van der Waals surface area contributed by atoms with E-state index >= 15 is 0 Å². The van der Waals surface area contributed by atoms with Crippen LogP contribution in [0.25, 0.3) is 0 Å². The lowest BCUT2D eigenvalue weighted by molar-refractivity contribution is -0.121. The third-order valence-corrected chi connectivity index (χ3v) is 4.19. The van der Waals surface area contributed by atoms with Crippen LogP contribution in [-0.4, -0.2) is 17.9 Å². The molecule has 1 saturated heterocycles. The van der Waals surface area contributed by atoms with Crippen LogP contribution < -0.4 is 10.2 Å². The quantitative estimate of drug-likeness (QED) is 0.878. The summed E-state index contributed by atoms with van der Waals surface area (Å²) < 4.78 is 13.0. The number of rotatable bonds is 3. The van der Waals surface area contributed by atoms with E-state index in [9.17, 15) is 14.0 Å². The number of halogens is 1. The highest BCUT2D eigenvalue weighted by molar-refractivity contribution is 6.23. The molecule has 5 heteroatoms. The molecule has 2 aromatic carbocycles. The Kier molecular flexibility index (Phi) is 4.09. The Morgan fingerprint density at radius 3 is 2.21 bits per heavy atom. The second-order valence-electron chi connectivity index (χ2n) is 6.22. The summed E-state index contributed by atoms with van der Waals surface area (Å²) >= 11 is 0. The molecule has 1 unspecified atom stereocenters. The highest BCUT2D eigenvalue weighted by Gasteiger charge is 2.40. The number of anilines is 2. The zero-order valence-corrected chi connectivity index (χ0v) is 13.9. The molecule has 1 N–H and O–H groups in total. The number of hydrogen-bond donors (Lipinski definition) is 1. The van der Waals surface area contributed by atoms with Crippen molar-refractivity contribution in [3.8, 4) is 0 Å². The van der Waals surface area contributed by atoms with E-state index in [2.05, 4.69) is 5.32 Å². The molecule has 1 heterocycles. The maximum atomic E-state index is 13.0. The lowest BCUT2D eigenvalue weighted by atomic mass is 10.0. The predicted molar refractivity (Wildman–Crippen MR) is 91.6 cm³/mol. The first-order valence-electron chi connectivity index (χ1n) is 7.83. The van der Waals surface area contributed by atoms with Crippen molar-refractivity contribution in [3.05, 3.63) is 58.9 Å². The van der Waals surface area contributed by atoms with Gasteiger partial charge in [0.25, 0.3) is 5.91 Å². The Balaban J connectivity index is 1.88. The van der Waals surface area contributed by atoms with Crippen LogP contribution in [-0.2, 0) is 9.59 Å². The Bertz CT molecular complexity index is 792. The number of aryl methyl sites for hydroxylation is 3. The van der Waals surface area contributed by atoms with Gasteiger partial charge in [0, 0.05) is 5.69 Å². The third kappa shape index (κ3) is 2.89. The van der Waals surface area contributed by atoms with E-state index in [1.807, 2.05) is 32.9 Å². The summed E-state index contributed by atoms with van der Waals surface area (Å²) in [5.41, 5.74) is 4.17. The lowest BCUT2D eigenvalue weighted by Crippen LogP contribution is -2.35. The van der Waals surface area contributed by atoms with Crippen LogP contribution in [0.5, 0.6) is 0 Å². The molecule has 0 aliphatic carbocycles. The van der Waals surface area contributed by atoms with Crippen molar-refractivity contribution in [2.45, 2.75) is 33.2 Å². The zero-order valence-electron chi connectivity index (χ0n) is 13.9. The fourth-order valence-corrected chi connectivity index (χ4v) is 3.25. The van der Waals surface area contributed by atoms with Gasteiger partial charge in [0.2, 0.25) is 5.91 Å². The lowest BCUT2D eigenvalue weighted by Gasteiger charge is -2.21. The highest BCUT2D eigenvalue weighted by Crippen LogP contribution is 2.31. The van der Waals surface area contributed by atoms with Gasteiger partial charge in [-0.1, -0.05) is 17.7 Å². The Labute approximate surface area is 140 Å². The van der Waals surface area contributed by atoms with Crippen LogP contribution in [0, 0.1) is 26.6 Å². The van der Waals surface area contributed by atoms with Crippen LogP contribution in [0.4, 0.5) is 15.8 Å². The molecule has 1 atom stereocenters. The van der Waals surface area contributed by atoms with E-state index in [1.165, 1.54) is 17.0 Å². The number of amides is 2. The highest BCUT2D eigenvalue weighted by atomic mass is 19.1. The van der Waals surface area contributed by atoms with E-state index in [0.29, 0.717) is 11.4 Å². The summed E-state index contributed by atoms with van der Waals surface area (Å²) in [5.74, 6) is -0.851. The number of carbonyl (C=O) groups is 2. The topological polar surface area (TPSA) is 49.4 Å². The summed E-state index contributed by atoms with van der Waals surface area (Å²) in [4.78, 5) is 26.4. The minimum absolute atomic E-state index is 0.0863. The van der Waals surface area contributed by atoms with E-state index in [1.54, 1.807) is 12.1 Å². The monoisotopic (exact) mass is 326 g/mol. The van der Waals surface area contributed by atoms with Crippen LogP contribution in [0.2, 0.25) is 0 Å². The largest absolute Gasteiger partial charge is 0.373 e.